The number of allylic oxidation sites excluding steroid dienone is 2. The van der Waals surface area contributed by atoms with E-state index in [2.05, 4.69) is 46.8 Å². The fraction of sp³-hybridized carbons (Fsp3) is 0.640. The number of nitrogens with zero attached hydrogens (tertiary/aromatic N) is 2. The Morgan fingerprint density at radius 2 is 1.97 bits per heavy atom. The number of rotatable bonds is 12. The number of nitrogens with one attached hydrogen (secondary N) is 2. The molecule has 0 radical (unpaired) electrons. The molecule has 1 aliphatic rings. The van der Waals surface area contributed by atoms with Crippen LogP contribution < -0.4 is 11.1 Å². The van der Waals surface area contributed by atoms with Crippen LogP contribution in [0.2, 0.25) is 0 Å². The summed E-state index contributed by atoms with van der Waals surface area (Å²) in [7, 11) is 0. The van der Waals surface area contributed by atoms with Crippen LogP contribution in [0, 0.1) is 5.92 Å². The van der Waals surface area contributed by atoms with Crippen molar-refractivity contribution in [2.75, 3.05) is 30.8 Å². The fourth-order valence-electron chi connectivity index (χ4n) is 3.71. The van der Waals surface area contributed by atoms with Crippen LogP contribution in [0.4, 0.5) is 10.1 Å². The van der Waals surface area contributed by atoms with Gasteiger partial charge < -0.3 is 15.8 Å². The quantitative estimate of drug-likeness (QED) is 0.287. The molecule has 4 N–H and O–H groups in total. The zero-order valence-corrected chi connectivity index (χ0v) is 22.1. The highest BCUT2D eigenvalue weighted by Gasteiger charge is 2.27. The first-order valence-electron chi connectivity index (χ1n) is 12.1. The number of carbonyl (C=O) groups is 2. The number of alkyl halides is 1. The van der Waals surface area contributed by atoms with Crippen LogP contribution in [-0.2, 0) is 4.79 Å². The van der Waals surface area contributed by atoms with Gasteiger partial charge in [-0.2, -0.15) is 16.9 Å². The van der Waals surface area contributed by atoms with Crippen molar-refractivity contribution in [2.45, 2.75) is 71.1 Å². The third-order valence-electron chi connectivity index (χ3n) is 5.56. The van der Waals surface area contributed by atoms with E-state index in [1.54, 1.807) is 0 Å². The number of halogens is 1. The van der Waals surface area contributed by atoms with Gasteiger partial charge >= 0.3 is 0 Å². The number of thioether (sulfide) groups is 1. The summed E-state index contributed by atoms with van der Waals surface area (Å²) in [6.45, 7) is 15.1. The van der Waals surface area contributed by atoms with Gasteiger partial charge in [0, 0.05) is 24.4 Å². The van der Waals surface area contributed by atoms with Crippen LogP contribution in [0.5, 0.6) is 0 Å². The number of H-pyrrole nitrogens is 1. The molecule has 2 atom stereocenters. The molecule has 1 amide bonds. The van der Waals surface area contributed by atoms with Gasteiger partial charge in [0.2, 0.25) is 0 Å². The highest BCUT2D eigenvalue weighted by molar-refractivity contribution is 7.98. The highest BCUT2D eigenvalue weighted by atomic mass is 32.2. The Bertz CT molecular complexity index is 699. The molecule has 1 aliphatic carbocycles. The number of carbonyl (C=O) groups excluding carboxylic acids is 2. The van der Waals surface area contributed by atoms with Gasteiger partial charge in [-0.05, 0) is 44.9 Å². The Labute approximate surface area is 209 Å². The number of aldehydes is 1. The van der Waals surface area contributed by atoms with Crippen LogP contribution in [0.3, 0.4) is 0 Å². The molecule has 7 nitrogen and oxygen atoms in total. The van der Waals surface area contributed by atoms with Crippen molar-refractivity contribution >= 4 is 29.6 Å². The lowest BCUT2D eigenvalue weighted by Crippen LogP contribution is -2.45. The molecule has 1 saturated carbocycles. The molecule has 1 heterocycles. The van der Waals surface area contributed by atoms with Gasteiger partial charge in [0.25, 0.3) is 5.91 Å². The third-order valence-corrected chi connectivity index (χ3v) is 6.15. The highest BCUT2D eigenvalue weighted by Crippen LogP contribution is 2.24. The summed E-state index contributed by atoms with van der Waals surface area (Å²) in [5.41, 5.74) is 6.50. The van der Waals surface area contributed by atoms with E-state index in [0.717, 1.165) is 31.8 Å². The van der Waals surface area contributed by atoms with Gasteiger partial charge in [-0.3, -0.25) is 14.8 Å². The molecule has 0 bridgehead atoms. The minimum absolute atomic E-state index is 0.142. The molecular weight excluding hydrogens is 453 g/mol. The van der Waals surface area contributed by atoms with Crippen molar-refractivity contribution in [1.82, 2.24) is 20.4 Å². The topological polar surface area (TPSA) is 104 Å². The Balaban J connectivity index is 0.000000836. The minimum Gasteiger partial charge on any atom is -0.396 e. The van der Waals surface area contributed by atoms with Crippen LogP contribution >= 0.6 is 11.8 Å². The number of aromatic amines is 1. The van der Waals surface area contributed by atoms with Gasteiger partial charge in [-0.15, -0.1) is 13.2 Å². The molecule has 2 unspecified atom stereocenters. The fourth-order valence-corrected chi connectivity index (χ4v) is 4.13. The van der Waals surface area contributed by atoms with E-state index in [9.17, 15) is 14.0 Å². The van der Waals surface area contributed by atoms with E-state index in [4.69, 9.17) is 5.73 Å². The van der Waals surface area contributed by atoms with Crippen molar-refractivity contribution in [3.8, 4) is 0 Å². The number of anilines is 1. The zero-order chi connectivity index (χ0) is 25.9. The van der Waals surface area contributed by atoms with E-state index in [0.29, 0.717) is 23.7 Å². The first-order chi connectivity index (χ1) is 16.4. The summed E-state index contributed by atoms with van der Waals surface area (Å²) in [6, 6.07) is 0.901. The van der Waals surface area contributed by atoms with E-state index >= 15 is 0 Å². The molecule has 34 heavy (non-hydrogen) atoms. The molecule has 1 aromatic heterocycles. The van der Waals surface area contributed by atoms with Gasteiger partial charge in [0.15, 0.2) is 0 Å². The number of nitrogens with two attached hydrogens (primary N) is 1. The Morgan fingerprint density at radius 3 is 2.38 bits per heavy atom. The second-order valence-electron chi connectivity index (χ2n) is 7.84. The maximum absolute atomic E-state index is 12.4. The average molecular weight is 498 g/mol. The van der Waals surface area contributed by atoms with Crippen LogP contribution in [0.1, 0.15) is 63.4 Å². The first-order valence-corrected chi connectivity index (χ1v) is 13.5. The van der Waals surface area contributed by atoms with Crippen molar-refractivity contribution in [3.05, 3.63) is 37.2 Å². The summed E-state index contributed by atoms with van der Waals surface area (Å²) < 4.78 is 12.4. The molecular formula is C25H44FN5O2S. The molecule has 1 fully saturated rings. The SMILES string of the molecule is C=CC(F)C(C=C)C=O.CC.CCCN(CCSC)C1CCC(NC(=O)c2[nH]ncc2N)CC1. The molecule has 1 aromatic rings. The summed E-state index contributed by atoms with van der Waals surface area (Å²) in [5.74, 6) is 0.314. The van der Waals surface area contributed by atoms with Gasteiger partial charge in [0.1, 0.15) is 18.2 Å². The van der Waals surface area contributed by atoms with Crippen LogP contribution in [0.15, 0.2) is 31.5 Å². The summed E-state index contributed by atoms with van der Waals surface area (Å²) in [5, 5.41) is 9.55. The Hall–Kier alpha value is -2.13. The zero-order valence-electron chi connectivity index (χ0n) is 21.3. The lowest BCUT2D eigenvalue weighted by Gasteiger charge is -2.37. The number of hydrogen-bond acceptors (Lipinski definition) is 6. The monoisotopic (exact) mass is 497 g/mol. The molecule has 194 valence electrons. The van der Waals surface area contributed by atoms with E-state index < -0.39 is 12.1 Å². The predicted octanol–water partition coefficient (Wildman–Crippen LogP) is 4.65. The molecule has 9 heteroatoms. The van der Waals surface area contributed by atoms with Crippen LogP contribution in [0.25, 0.3) is 0 Å². The van der Waals surface area contributed by atoms with Crippen LogP contribution in [-0.4, -0.2) is 70.6 Å². The summed E-state index contributed by atoms with van der Waals surface area (Å²) in [4.78, 5) is 24.8. The predicted molar refractivity (Wildman–Crippen MR) is 143 cm³/mol. The summed E-state index contributed by atoms with van der Waals surface area (Å²) >= 11 is 1.91. The second-order valence-corrected chi connectivity index (χ2v) is 8.82. The number of hydrogen-bond donors (Lipinski definition) is 3. The number of amides is 1. The van der Waals surface area contributed by atoms with Crippen molar-refractivity contribution in [3.63, 3.8) is 0 Å². The van der Waals surface area contributed by atoms with Gasteiger partial charge in [0.05, 0.1) is 17.8 Å². The smallest absolute Gasteiger partial charge is 0.271 e. The van der Waals surface area contributed by atoms with Crippen molar-refractivity contribution in [2.24, 2.45) is 5.92 Å². The van der Waals surface area contributed by atoms with Gasteiger partial charge in [-0.1, -0.05) is 32.9 Å². The average Bonchev–Trinajstić information content (AvgIpc) is 3.30. The second kappa shape index (κ2) is 19.2. The molecule has 0 saturated heterocycles. The Kier molecular flexibility index (Phi) is 18.0. The maximum atomic E-state index is 12.4. The van der Waals surface area contributed by atoms with Gasteiger partial charge in [-0.25, -0.2) is 4.39 Å². The van der Waals surface area contributed by atoms with Crippen molar-refractivity contribution < 1.29 is 14.0 Å². The largest absolute Gasteiger partial charge is 0.396 e. The number of aromatic nitrogens is 2. The molecule has 2 rings (SSSR count). The van der Waals surface area contributed by atoms with Crippen molar-refractivity contribution in [1.29, 1.82) is 0 Å². The standard InChI is InChI=1S/C16H29N5OS.C7H9FO.C2H6/c1-3-8-21(9-10-23-2)13-6-4-12(5-7-13)19-16(22)15-14(17)11-18-20-15;1-3-6(5-9)7(8)4-2;1-2/h11-13H,3-10,17H2,1-2H3,(H,18,20)(H,19,22);3-7H,1-2H2;1-2H3. The minimum atomic E-state index is -1.29. The lowest BCUT2D eigenvalue weighted by atomic mass is 9.90. The third kappa shape index (κ3) is 11.3. The molecule has 0 spiro atoms. The number of nitrogen functional groups attached to an aromatic ring is 1. The maximum Gasteiger partial charge on any atom is 0.271 e. The molecule has 0 aliphatic heterocycles. The van der Waals surface area contributed by atoms with E-state index in [-0.39, 0.29) is 11.9 Å². The van der Waals surface area contributed by atoms with E-state index in [1.165, 1.54) is 37.5 Å². The lowest BCUT2D eigenvalue weighted by molar-refractivity contribution is -0.110. The Morgan fingerprint density at radius 1 is 1.32 bits per heavy atom. The molecule has 0 aromatic carbocycles. The first kappa shape index (κ1) is 31.9. The summed E-state index contributed by atoms with van der Waals surface area (Å²) in [6.07, 6.45) is 10.8. The van der Waals surface area contributed by atoms with E-state index in [1.807, 2.05) is 25.6 Å². The normalized spacial score (nSPS) is 18.9.